The fourth-order valence-electron chi connectivity index (χ4n) is 7.79. The molecular formula is C49H42F2N4O. The molecule has 0 aliphatic carbocycles. The molecule has 6 aromatic carbocycles. The van der Waals surface area contributed by atoms with Gasteiger partial charge in [-0.25, -0.2) is 13.8 Å². The minimum Gasteiger partial charge on any atom is -0.457 e. The Balaban J connectivity index is 1.19. The molecule has 0 saturated carbocycles. The molecule has 8 aromatic rings. The van der Waals surface area contributed by atoms with Gasteiger partial charge in [-0.05, 0) is 100 Å². The van der Waals surface area contributed by atoms with Crippen molar-refractivity contribution in [2.45, 2.75) is 46.0 Å². The van der Waals surface area contributed by atoms with Crippen LogP contribution >= 0.6 is 0 Å². The van der Waals surface area contributed by atoms with Gasteiger partial charge in [-0.2, -0.15) is 0 Å². The van der Waals surface area contributed by atoms with Crippen LogP contribution < -0.4 is 14.5 Å². The molecule has 0 saturated heterocycles. The predicted molar refractivity (Wildman–Crippen MR) is 225 cm³/mol. The fourth-order valence-corrected chi connectivity index (χ4v) is 7.79. The molecule has 0 unspecified atom stereocenters. The SMILES string of the molecule is CC(C)c1ccc(-c2cc(Oc3ccc4c5ccccc5n(-c5ccccn5)c4c3)cc(N3CN(c4c(F)cccc4F)c4cc(C(C)(C)C)ccc43)c2)cc1. The Bertz CT molecular complexity index is 2730. The van der Waals surface area contributed by atoms with E-state index in [1.807, 2.05) is 36.4 Å². The number of nitrogens with zero attached hydrogens (tertiary/aromatic N) is 4. The third-order valence-electron chi connectivity index (χ3n) is 10.8. The number of anilines is 4. The monoisotopic (exact) mass is 740 g/mol. The highest BCUT2D eigenvalue weighted by molar-refractivity contribution is 6.09. The Labute approximate surface area is 326 Å². The minimum absolute atomic E-state index is 0.0733. The van der Waals surface area contributed by atoms with E-state index in [1.165, 1.54) is 23.8 Å². The molecule has 0 fully saturated rings. The van der Waals surface area contributed by atoms with Crippen LogP contribution in [0.15, 0.2) is 146 Å². The van der Waals surface area contributed by atoms with Crippen molar-refractivity contribution < 1.29 is 13.5 Å². The van der Waals surface area contributed by atoms with Gasteiger partial charge in [-0.1, -0.05) is 95.3 Å². The van der Waals surface area contributed by atoms with Crippen molar-refractivity contribution in [2.75, 3.05) is 16.5 Å². The van der Waals surface area contributed by atoms with Crippen molar-refractivity contribution in [3.8, 4) is 28.4 Å². The second kappa shape index (κ2) is 13.7. The van der Waals surface area contributed by atoms with Crippen LogP contribution in [0.4, 0.5) is 31.5 Å². The topological polar surface area (TPSA) is 33.5 Å². The molecule has 2 aromatic heterocycles. The summed E-state index contributed by atoms with van der Waals surface area (Å²) in [4.78, 5) is 8.54. The average Bonchev–Trinajstić information content (AvgIpc) is 3.73. The molecule has 278 valence electrons. The van der Waals surface area contributed by atoms with E-state index in [9.17, 15) is 0 Å². The zero-order chi connectivity index (χ0) is 38.7. The van der Waals surface area contributed by atoms with Crippen LogP contribution in [0.1, 0.15) is 51.7 Å². The number of para-hydroxylation sites is 2. The Morgan fingerprint density at radius 1 is 0.625 bits per heavy atom. The first-order valence-corrected chi connectivity index (χ1v) is 19.0. The van der Waals surface area contributed by atoms with Crippen LogP contribution in [0.25, 0.3) is 38.8 Å². The third-order valence-corrected chi connectivity index (χ3v) is 10.8. The lowest BCUT2D eigenvalue weighted by molar-refractivity contribution is 0.483. The molecule has 5 nitrogen and oxygen atoms in total. The van der Waals surface area contributed by atoms with E-state index >= 15 is 8.78 Å². The van der Waals surface area contributed by atoms with Gasteiger partial charge in [0.1, 0.15) is 41.3 Å². The number of benzene rings is 6. The summed E-state index contributed by atoms with van der Waals surface area (Å²) in [5, 5.41) is 2.23. The summed E-state index contributed by atoms with van der Waals surface area (Å²) >= 11 is 0. The second-order valence-corrected chi connectivity index (χ2v) is 15.8. The van der Waals surface area contributed by atoms with Gasteiger partial charge in [0.2, 0.25) is 0 Å². The first-order chi connectivity index (χ1) is 27.0. The molecule has 56 heavy (non-hydrogen) atoms. The maximum Gasteiger partial charge on any atom is 0.149 e. The van der Waals surface area contributed by atoms with Crippen LogP contribution in [-0.4, -0.2) is 16.2 Å². The Hall–Kier alpha value is -6.47. The summed E-state index contributed by atoms with van der Waals surface area (Å²) in [7, 11) is 0. The number of pyridine rings is 1. The van der Waals surface area contributed by atoms with Crippen LogP contribution in [0.2, 0.25) is 0 Å². The van der Waals surface area contributed by atoms with Crippen LogP contribution in [0.5, 0.6) is 11.5 Å². The van der Waals surface area contributed by atoms with Crippen LogP contribution in [-0.2, 0) is 5.41 Å². The molecular weight excluding hydrogens is 699 g/mol. The fraction of sp³-hybridized carbons (Fsp3) is 0.163. The molecule has 9 rings (SSSR count). The van der Waals surface area contributed by atoms with Gasteiger partial charge in [-0.15, -0.1) is 0 Å². The first kappa shape index (κ1) is 35.2. The first-order valence-electron chi connectivity index (χ1n) is 19.0. The van der Waals surface area contributed by atoms with Gasteiger partial charge in [-0.3, -0.25) is 4.57 Å². The number of aromatic nitrogens is 2. The summed E-state index contributed by atoms with van der Waals surface area (Å²) in [6.07, 6.45) is 1.80. The molecule has 7 heteroatoms. The molecule has 0 atom stereocenters. The summed E-state index contributed by atoms with van der Waals surface area (Å²) in [5.74, 6) is 1.30. The van der Waals surface area contributed by atoms with E-state index in [-0.39, 0.29) is 17.8 Å². The maximum atomic E-state index is 15.5. The van der Waals surface area contributed by atoms with E-state index in [4.69, 9.17) is 9.72 Å². The van der Waals surface area contributed by atoms with E-state index in [0.717, 1.165) is 61.4 Å². The molecule has 0 N–H and O–H groups in total. The van der Waals surface area contributed by atoms with E-state index in [2.05, 4.69) is 129 Å². The van der Waals surface area contributed by atoms with Crippen molar-refractivity contribution in [2.24, 2.45) is 0 Å². The molecule has 0 bridgehead atoms. The van der Waals surface area contributed by atoms with E-state index in [1.54, 1.807) is 11.1 Å². The normalized spacial score (nSPS) is 12.9. The minimum atomic E-state index is -0.611. The highest BCUT2D eigenvalue weighted by Gasteiger charge is 2.33. The number of fused-ring (bicyclic) bond motifs is 4. The summed E-state index contributed by atoms with van der Waals surface area (Å²) in [6, 6.07) is 45.5. The molecule has 0 spiro atoms. The van der Waals surface area contributed by atoms with Gasteiger partial charge in [0, 0.05) is 34.8 Å². The van der Waals surface area contributed by atoms with Crippen LogP contribution in [0, 0.1) is 11.6 Å². The second-order valence-electron chi connectivity index (χ2n) is 15.8. The zero-order valence-electron chi connectivity index (χ0n) is 32.1. The lowest BCUT2D eigenvalue weighted by Gasteiger charge is -2.24. The quantitative estimate of drug-likeness (QED) is 0.163. The molecule has 1 aliphatic heterocycles. The van der Waals surface area contributed by atoms with E-state index in [0.29, 0.717) is 17.4 Å². The molecule has 0 radical (unpaired) electrons. The number of ether oxygens (including phenoxy) is 1. The van der Waals surface area contributed by atoms with Crippen molar-refractivity contribution in [1.82, 2.24) is 9.55 Å². The maximum absolute atomic E-state index is 15.5. The smallest absolute Gasteiger partial charge is 0.149 e. The zero-order valence-corrected chi connectivity index (χ0v) is 32.1. The third kappa shape index (κ3) is 6.23. The van der Waals surface area contributed by atoms with Crippen molar-refractivity contribution in [1.29, 1.82) is 0 Å². The van der Waals surface area contributed by atoms with Crippen molar-refractivity contribution in [3.05, 3.63) is 168 Å². The standard InChI is InChI=1S/C49H42F2N4O/c1-31(2)32-16-18-33(19-17-32)34-25-36(53-30-54(48-41(50)12-10-13-42(48)51)46-27-35(49(3,4)5)20-23-44(46)53)28-38(26-34)56-37-21-22-40-39-11-6-7-14-43(39)55(45(40)29-37)47-15-8-9-24-52-47/h6-29,31H,30H2,1-5H3. The van der Waals surface area contributed by atoms with Gasteiger partial charge < -0.3 is 14.5 Å². The van der Waals surface area contributed by atoms with E-state index < -0.39 is 11.6 Å². The predicted octanol–water partition coefficient (Wildman–Crippen LogP) is 13.6. The highest BCUT2D eigenvalue weighted by atomic mass is 19.1. The molecule has 3 heterocycles. The van der Waals surface area contributed by atoms with Gasteiger partial charge in [0.05, 0.1) is 22.4 Å². The summed E-state index contributed by atoms with van der Waals surface area (Å²) in [5.41, 5.74) is 8.53. The van der Waals surface area contributed by atoms with Gasteiger partial charge in [0.25, 0.3) is 0 Å². The van der Waals surface area contributed by atoms with Gasteiger partial charge in [0.15, 0.2) is 0 Å². The molecule has 0 amide bonds. The largest absolute Gasteiger partial charge is 0.457 e. The Morgan fingerprint density at radius 3 is 2.11 bits per heavy atom. The van der Waals surface area contributed by atoms with Crippen molar-refractivity contribution >= 4 is 44.6 Å². The Morgan fingerprint density at radius 2 is 1.38 bits per heavy atom. The summed E-state index contributed by atoms with van der Waals surface area (Å²) < 4.78 is 40.0. The van der Waals surface area contributed by atoms with Crippen molar-refractivity contribution in [3.63, 3.8) is 0 Å². The highest BCUT2D eigenvalue weighted by Crippen LogP contribution is 2.48. The summed E-state index contributed by atoms with van der Waals surface area (Å²) in [6.45, 7) is 11.0. The number of halogens is 2. The lowest BCUT2D eigenvalue weighted by Crippen LogP contribution is -2.25. The molecule has 1 aliphatic rings. The van der Waals surface area contributed by atoms with Gasteiger partial charge >= 0.3 is 0 Å². The average molecular weight is 741 g/mol. The van der Waals surface area contributed by atoms with Crippen LogP contribution in [0.3, 0.4) is 0 Å². The number of hydrogen-bond acceptors (Lipinski definition) is 4. The lowest BCUT2D eigenvalue weighted by atomic mass is 9.86. The number of rotatable bonds is 7. The number of hydrogen-bond donors (Lipinski definition) is 0. The Kier molecular flexibility index (Phi) is 8.61.